The monoisotopic (exact) mass is 282 g/mol. The van der Waals surface area contributed by atoms with Crippen LogP contribution in [0.2, 0.25) is 0 Å². The van der Waals surface area contributed by atoms with E-state index in [-0.39, 0.29) is 5.82 Å². The van der Waals surface area contributed by atoms with Gasteiger partial charge in [-0.3, -0.25) is 0 Å². The first-order valence-corrected chi connectivity index (χ1v) is 4.83. The van der Waals surface area contributed by atoms with Gasteiger partial charge < -0.3 is 0 Å². The third kappa shape index (κ3) is 2.30. The molecule has 0 saturated heterocycles. The van der Waals surface area contributed by atoms with Crippen molar-refractivity contribution >= 4 is 58.0 Å². The predicted molar refractivity (Wildman–Crippen MR) is 52.5 cm³/mol. The van der Waals surface area contributed by atoms with Crippen molar-refractivity contribution in [3.8, 4) is 0 Å². The van der Waals surface area contributed by atoms with E-state index in [1.165, 1.54) is 0 Å². The molecule has 4 nitrogen and oxygen atoms in total. The number of alkyl halides is 5. The van der Waals surface area contributed by atoms with Gasteiger partial charge >= 0.3 is 0 Å². The Morgan fingerprint density at radius 3 is 2.00 bits per heavy atom. The minimum atomic E-state index is -1.92. The van der Waals surface area contributed by atoms with Gasteiger partial charge in [-0.25, -0.2) is 0 Å². The molecule has 0 N–H and O–H groups in total. The van der Waals surface area contributed by atoms with Gasteiger partial charge in [-0.1, -0.05) is 58.0 Å². The fourth-order valence-electron chi connectivity index (χ4n) is 0.537. The van der Waals surface area contributed by atoms with E-state index in [1.54, 1.807) is 7.05 Å². The first-order valence-electron chi connectivity index (χ1n) is 2.94. The zero-order valence-corrected chi connectivity index (χ0v) is 9.96. The van der Waals surface area contributed by atoms with E-state index in [0.29, 0.717) is 0 Å². The first kappa shape index (κ1) is 11.6. The fraction of sp³-hybridized carbons (Fsp3) is 0.750. The average molecular weight is 284 g/mol. The molecule has 0 aliphatic heterocycles. The number of hydrogen-bond donors (Lipinski definition) is 0. The molecule has 0 radical (unpaired) electrons. The molecule has 13 heavy (non-hydrogen) atoms. The van der Waals surface area contributed by atoms with Crippen LogP contribution in [0.1, 0.15) is 5.82 Å². The van der Waals surface area contributed by atoms with Crippen LogP contribution >= 0.6 is 58.0 Å². The van der Waals surface area contributed by atoms with Gasteiger partial charge in [0.25, 0.3) is 0 Å². The van der Waals surface area contributed by atoms with Gasteiger partial charge in [-0.05, 0) is 5.21 Å². The molecule has 1 aromatic heterocycles. The van der Waals surface area contributed by atoms with Gasteiger partial charge in [0.2, 0.25) is 14.0 Å². The van der Waals surface area contributed by atoms with Crippen LogP contribution < -0.4 is 0 Å². The molecule has 0 atom stereocenters. The summed E-state index contributed by atoms with van der Waals surface area (Å²) in [6, 6.07) is 0. The Hall–Kier alpha value is 0.520. The lowest BCUT2D eigenvalue weighted by Crippen LogP contribution is -2.29. The number of aromatic nitrogens is 4. The predicted octanol–water partition coefficient (Wildman–Crippen LogP) is 2.21. The van der Waals surface area contributed by atoms with Crippen LogP contribution in [0.15, 0.2) is 0 Å². The molecule has 9 heteroatoms. The van der Waals surface area contributed by atoms with Crippen LogP contribution in [0, 0.1) is 0 Å². The molecule has 1 aromatic rings. The van der Waals surface area contributed by atoms with Crippen molar-refractivity contribution in [1.29, 1.82) is 0 Å². The van der Waals surface area contributed by atoms with Crippen molar-refractivity contribution in [2.45, 2.75) is 8.13 Å². The first-order chi connectivity index (χ1) is 5.75. The summed E-state index contributed by atoms with van der Waals surface area (Å²) in [5, 5.41) is 10.8. The van der Waals surface area contributed by atoms with Crippen molar-refractivity contribution in [3.05, 3.63) is 5.82 Å². The minimum absolute atomic E-state index is 0.0571. The van der Waals surface area contributed by atoms with Gasteiger partial charge in [0.05, 0.1) is 7.05 Å². The largest absolute Gasteiger partial charge is 0.230 e. The van der Waals surface area contributed by atoms with E-state index >= 15 is 0 Å². The number of tetrazole rings is 1. The Morgan fingerprint density at radius 1 is 1.15 bits per heavy atom. The van der Waals surface area contributed by atoms with Crippen LogP contribution in [-0.4, -0.2) is 24.0 Å². The van der Waals surface area contributed by atoms with Crippen molar-refractivity contribution in [1.82, 2.24) is 20.2 Å². The third-order valence-electron chi connectivity index (χ3n) is 1.15. The topological polar surface area (TPSA) is 43.6 Å². The van der Waals surface area contributed by atoms with Crippen LogP contribution in [-0.2, 0) is 11.4 Å². The molecule has 0 aliphatic rings. The Balaban J connectivity index is 3.07. The number of aryl methyl sites for hydroxylation is 1. The summed E-state index contributed by atoms with van der Waals surface area (Å²) in [6.07, 6.45) is 0. The maximum Gasteiger partial charge on any atom is 0.230 e. The van der Waals surface area contributed by atoms with Gasteiger partial charge in [-0.15, -0.1) is 10.2 Å². The molecular formula is C4H3Cl5N4. The van der Waals surface area contributed by atoms with Crippen molar-refractivity contribution in [2.24, 2.45) is 7.05 Å². The summed E-state index contributed by atoms with van der Waals surface area (Å²) in [4.78, 5) is 1.16. The molecular weight excluding hydrogens is 281 g/mol. The Bertz CT molecular complexity index is 302. The van der Waals surface area contributed by atoms with Crippen molar-refractivity contribution in [2.75, 3.05) is 0 Å². The molecule has 0 amide bonds. The molecule has 1 rings (SSSR count). The fourth-order valence-corrected chi connectivity index (χ4v) is 0.941. The van der Waals surface area contributed by atoms with Gasteiger partial charge in [-0.2, -0.15) is 4.80 Å². The van der Waals surface area contributed by atoms with Gasteiger partial charge in [0.1, 0.15) is 0 Å². The Labute approximate surface area is 99.0 Å². The van der Waals surface area contributed by atoms with E-state index in [2.05, 4.69) is 15.4 Å². The number of rotatable bonds is 1. The lowest BCUT2D eigenvalue weighted by Gasteiger charge is -2.23. The summed E-state index contributed by atoms with van der Waals surface area (Å²) < 4.78 is -3.73. The molecule has 0 unspecified atom stereocenters. The summed E-state index contributed by atoms with van der Waals surface area (Å²) in [5.41, 5.74) is 0. The highest BCUT2D eigenvalue weighted by Gasteiger charge is 2.50. The Kier molecular flexibility index (Phi) is 3.20. The summed E-state index contributed by atoms with van der Waals surface area (Å²) in [5.74, 6) is -0.0571. The third-order valence-corrected chi connectivity index (χ3v) is 3.48. The molecule has 74 valence electrons. The SMILES string of the molecule is Cn1nnc(C(Cl)(Cl)C(Cl)(Cl)Cl)n1. The molecule has 1 heterocycles. The molecule has 0 saturated carbocycles. The quantitative estimate of drug-likeness (QED) is 0.743. The lowest BCUT2D eigenvalue weighted by molar-refractivity contribution is 0.625. The highest BCUT2D eigenvalue weighted by atomic mass is 35.6. The second kappa shape index (κ2) is 3.59. The van der Waals surface area contributed by atoms with Gasteiger partial charge in [0.15, 0.2) is 0 Å². The normalized spacial score (nSPS) is 13.4. The highest BCUT2D eigenvalue weighted by molar-refractivity contribution is 6.75. The standard InChI is InChI=1S/C4H3Cl5N4/c1-13-11-2(10-12-13)3(5,6)4(7,8)9/h1H3. The smallest absolute Gasteiger partial charge is 0.167 e. The van der Waals surface area contributed by atoms with Crippen LogP contribution in [0.3, 0.4) is 0 Å². The van der Waals surface area contributed by atoms with Gasteiger partial charge in [0, 0.05) is 0 Å². The molecule has 0 spiro atoms. The molecule has 0 aliphatic carbocycles. The number of nitrogens with zero attached hydrogens (tertiary/aromatic N) is 4. The van der Waals surface area contributed by atoms with E-state index in [1.807, 2.05) is 0 Å². The van der Waals surface area contributed by atoms with Crippen molar-refractivity contribution < 1.29 is 0 Å². The second-order valence-electron chi connectivity index (χ2n) is 2.17. The number of halogens is 5. The van der Waals surface area contributed by atoms with E-state index in [0.717, 1.165) is 4.80 Å². The summed E-state index contributed by atoms with van der Waals surface area (Å²) >= 11 is 28.0. The second-order valence-corrected chi connectivity index (χ2v) is 5.78. The minimum Gasteiger partial charge on any atom is -0.167 e. The van der Waals surface area contributed by atoms with Crippen LogP contribution in [0.5, 0.6) is 0 Å². The van der Waals surface area contributed by atoms with Crippen LogP contribution in [0.4, 0.5) is 0 Å². The summed E-state index contributed by atoms with van der Waals surface area (Å²) in [6.45, 7) is 0. The zero-order chi connectivity index (χ0) is 10.3. The lowest BCUT2D eigenvalue weighted by atomic mass is 10.4. The summed E-state index contributed by atoms with van der Waals surface area (Å²) in [7, 11) is 1.54. The van der Waals surface area contributed by atoms with E-state index < -0.39 is 8.13 Å². The molecule has 0 bridgehead atoms. The van der Waals surface area contributed by atoms with Crippen molar-refractivity contribution in [3.63, 3.8) is 0 Å². The molecule has 0 fully saturated rings. The Morgan fingerprint density at radius 2 is 1.69 bits per heavy atom. The van der Waals surface area contributed by atoms with Crippen LogP contribution in [0.25, 0.3) is 0 Å². The van der Waals surface area contributed by atoms with E-state index in [4.69, 9.17) is 58.0 Å². The molecule has 0 aromatic carbocycles. The highest BCUT2D eigenvalue weighted by Crippen LogP contribution is 2.51. The number of hydrogen-bond acceptors (Lipinski definition) is 3. The van der Waals surface area contributed by atoms with E-state index in [9.17, 15) is 0 Å². The maximum absolute atomic E-state index is 5.74. The zero-order valence-electron chi connectivity index (χ0n) is 6.18. The maximum atomic E-state index is 5.74. The average Bonchev–Trinajstić information content (AvgIpc) is 2.33.